The summed E-state index contributed by atoms with van der Waals surface area (Å²) < 4.78 is 0. The van der Waals surface area contributed by atoms with Crippen molar-refractivity contribution in [3.05, 3.63) is 245 Å². The van der Waals surface area contributed by atoms with Crippen LogP contribution < -0.4 is 4.90 Å². The monoisotopic (exact) mass is 769 g/mol. The Morgan fingerprint density at radius 2 is 0.883 bits per heavy atom. The first-order chi connectivity index (χ1) is 29.3. The zero-order valence-electron chi connectivity index (χ0n) is 34.7. The van der Waals surface area contributed by atoms with Crippen molar-refractivity contribution in [3.63, 3.8) is 0 Å². The quantitative estimate of drug-likeness (QED) is 0.156. The van der Waals surface area contributed by atoms with Crippen molar-refractivity contribution >= 4 is 27.8 Å². The Morgan fingerprint density at radius 3 is 1.55 bits per heavy atom. The lowest BCUT2D eigenvalue weighted by Gasteiger charge is -2.35. The van der Waals surface area contributed by atoms with Gasteiger partial charge in [0.25, 0.3) is 0 Å². The molecule has 0 N–H and O–H groups in total. The van der Waals surface area contributed by atoms with Gasteiger partial charge in [-0.3, -0.25) is 0 Å². The molecule has 0 saturated carbocycles. The Bertz CT molecular complexity index is 3060. The number of anilines is 3. The van der Waals surface area contributed by atoms with E-state index in [9.17, 15) is 0 Å². The second kappa shape index (κ2) is 13.8. The molecule has 0 unspecified atom stereocenters. The molecule has 1 heteroatoms. The summed E-state index contributed by atoms with van der Waals surface area (Å²) in [6, 6.07) is 77.3. The van der Waals surface area contributed by atoms with Crippen molar-refractivity contribution in [3.8, 4) is 33.4 Å². The molecule has 0 radical (unpaired) electrons. The highest BCUT2D eigenvalue weighted by Crippen LogP contribution is 2.58. The highest BCUT2D eigenvalue weighted by Gasteiger charge is 2.46. The molecule has 0 heterocycles. The molecule has 9 aromatic carbocycles. The lowest BCUT2D eigenvalue weighted by Crippen LogP contribution is -2.28. The summed E-state index contributed by atoms with van der Waals surface area (Å²) in [5, 5.41) is 2.52. The Balaban J connectivity index is 1.17. The summed E-state index contributed by atoms with van der Waals surface area (Å²) in [6.45, 7) is 9.42. The first-order valence-corrected chi connectivity index (χ1v) is 21.4. The summed E-state index contributed by atoms with van der Waals surface area (Å²) in [5.41, 5.74) is 19.8. The maximum atomic E-state index is 2.54. The molecule has 0 bridgehead atoms. The van der Waals surface area contributed by atoms with Crippen molar-refractivity contribution in [2.75, 3.05) is 4.90 Å². The maximum absolute atomic E-state index is 2.54. The number of benzene rings is 9. The number of fused-ring (bicyclic) bond motifs is 7. The van der Waals surface area contributed by atoms with Crippen molar-refractivity contribution in [1.29, 1.82) is 0 Å². The summed E-state index contributed by atoms with van der Waals surface area (Å²) in [6.07, 6.45) is 0. The van der Waals surface area contributed by atoms with Crippen LogP contribution in [0.15, 0.2) is 206 Å². The lowest BCUT2D eigenvalue weighted by atomic mass is 9.67. The maximum Gasteiger partial charge on any atom is 0.0714 e. The molecule has 9 aromatic rings. The van der Waals surface area contributed by atoms with E-state index in [0.29, 0.717) is 0 Å². The zero-order chi connectivity index (χ0) is 40.6. The van der Waals surface area contributed by atoms with E-state index in [1.165, 1.54) is 88.8 Å². The molecule has 60 heavy (non-hydrogen) atoms. The van der Waals surface area contributed by atoms with Crippen LogP contribution in [-0.2, 0) is 10.8 Å². The SMILES string of the molecule is CC(C)c1cc(-c2ccc3ccccc3c2)ccc1N(c1ccc2c(c1)C(C)(C)c1ccccc1-2)c1ccc2c(c1)C(c1ccccc1)(c1ccccc1)c1ccccc1-2. The van der Waals surface area contributed by atoms with E-state index in [1.807, 2.05) is 0 Å². The third-order valence-corrected chi connectivity index (χ3v) is 13.5. The third kappa shape index (κ3) is 5.39. The molecule has 0 aliphatic heterocycles. The normalized spacial score (nSPS) is 14.1. The van der Waals surface area contributed by atoms with E-state index in [1.54, 1.807) is 0 Å². The molecule has 0 saturated heterocycles. The van der Waals surface area contributed by atoms with Crippen LogP contribution in [0.4, 0.5) is 17.1 Å². The minimum absolute atomic E-state index is 0.135. The van der Waals surface area contributed by atoms with Crippen molar-refractivity contribution in [1.82, 2.24) is 0 Å². The molecule has 288 valence electrons. The van der Waals surface area contributed by atoms with Gasteiger partial charge in [-0.15, -0.1) is 0 Å². The highest BCUT2D eigenvalue weighted by molar-refractivity contribution is 5.92. The van der Waals surface area contributed by atoms with Crippen LogP contribution in [0.25, 0.3) is 44.2 Å². The van der Waals surface area contributed by atoms with Gasteiger partial charge in [0, 0.05) is 22.5 Å². The van der Waals surface area contributed by atoms with Gasteiger partial charge in [0.2, 0.25) is 0 Å². The fourth-order valence-corrected chi connectivity index (χ4v) is 10.6. The van der Waals surface area contributed by atoms with E-state index >= 15 is 0 Å². The molecule has 2 aliphatic rings. The van der Waals surface area contributed by atoms with Crippen LogP contribution in [0.2, 0.25) is 0 Å². The second-order valence-corrected chi connectivity index (χ2v) is 17.5. The summed E-state index contributed by atoms with van der Waals surface area (Å²) in [4.78, 5) is 2.54. The van der Waals surface area contributed by atoms with Crippen LogP contribution >= 0.6 is 0 Å². The Hall–Kier alpha value is -6.96. The van der Waals surface area contributed by atoms with Crippen LogP contribution in [0.3, 0.4) is 0 Å². The van der Waals surface area contributed by atoms with E-state index in [-0.39, 0.29) is 11.3 Å². The van der Waals surface area contributed by atoms with Gasteiger partial charge >= 0.3 is 0 Å². The molecule has 0 amide bonds. The molecule has 0 aromatic heterocycles. The van der Waals surface area contributed by atoms with E-state index < -0.39 is 5.41 Å². The predicted octanol–water partition coefficient (Wildman–Crippen LogP) is 15.8. The predicted molar refractivity (Wildman–Crippen MR) is 253 cm³/mol. The molecule has 0 spiro atoms. The molecule has 1 nitrogen and oxygen atoms in total. The molecule has 0 fully saturated rings. The van der Waals surface area contributed by atoms with Crippen LogP contribution in [0, 0.1) is 0 Å². The standard InChI is InChI=1S/C59H47N/c1-39(2)52-36-43(42-28-27-40-17-11-12-18-41(40)35-42)29-34-57(52)60(46-30-32-50-48-23-13-15-25-53(48)58(3,4)55(50)37-46)47-31-33-51-49-24-14-16-26-54(49)59(56(51)38-47,44-19-7-5-8-20-44)45-21-9-6-10-22-45/h5-39H,1-4H3. The topological polar surface area (TPSA) is 3.24 Å². The molecule has 11 rings (SSSR count). The van der Waals surface area contributed by atoms with Gasteiger partial charge in [0.1, 0.15) is 0 Å². The van der Waals surface area contributed by atoms with Gasteiger partial charge in [-0.1, -0.05) is 191 Å². The molecular weight excluding hydrogens is 723 g/mol. The Morgan fingerprint density at radius 1 is 0.383 bits per heavy atom. The van der Waals surface area contributed by atoms with Gasteiger partial charge in [-0.05, 0) is 131 Å². The lowest BCUT2D eigenvalue weighted by molar-refractivity contribution is 0.660. The first kappa shape index (κ1) is 36.1. The number of hydrogen-bond acceptors (Lipinski definition) is 1. The average molecular weight is 770 g/mol. The zero-order valence-corrected chi connectivity index (χ0v) is 34.7. The average Bonchev–Trinajstić information content (AvgIpc) is 3.72. The minimum Gasteiger partial charge on any atom is -0.310 e. The van der Waals surface area contributed by atoms with Gasteiger partial charge in [0.15, 0.2) is 0 Å². The van der Waals surface area contributed by atoms with Crippen LogP contribution in [0.1, 0.15) is 72.6 Å². The van der Waals surface area contributed by atoms with Gasteiger partial charge < -0.3 is 4.90 Å². The largest absolute Gasteiger partial charge is 0.310 e. The van der Waals surface area contributed by atoms with Crippen molar-refractivity contribution in [2.24, 2.45) is 0 Å². The first-order valence-electron chi connectivity index (χ1n) is 21.4. The molecular formula is C59H47N. The Labute approximate surface area is 354 Å². The molecule has 0 atom stereocenters. The van der Waals surface area contributed by atoms with E-state index in [0.717, 1.165) is 11.4 Å². The summed E-state index contributed by atoms with van der Waals surface area (Å²) in [5.74, 6) is 0.268. The number of nitrogens with zero attached hydrogens (tertiary/aromatic N) is 1. The number of hydrogen-bond donors (Lipinski definition) is 0. The van der Waals surface area contributed by atoms with Gasteiger partial charge in [0.05, 0.1) is 5.41 Å². The second-order valence-electron chi connectivity index (χ2n) is 17.5. The summed E-state index contributed by atoms with van der Waals surface area (Å²) >= 11 is 0. The highest BCUT2D eigenvalue weighted by atomic mass is 15.1. The van der Waals surface area contributed by atoms with Gasteiger partial charge in [-0.2, -0.15) is 0 Å². The van der Waals surface area contributed by atoms with E-state index in [4.69, 9.17) is 0 Å². The Kier molecular flexibility index (Phi) is 8.33. The smallest absolute Gasteiger partial charge is 0.0714 e. The van der Waals surface area contributed by atoms with E-state index in [2.05, 4.69) is 239 Å². The van der Waals surface area contributed by atoms with Crippen LogP contribution in [0.5, 0.6) is 0 Å². The van der Waals surface area contributed by atoms with Crippen LogP contribution in [-0.4, -0.2) is 0 Å². The fraction of sp³-hybridized carbons (Fsp3) is 0.119. The third-order valence-electron chi connectivity index (χ3n) is 13.5. The fourth-order valence-electron chi connectivity index (χ4n) is 10.6. The van der Waals surface area contributed by atoms with Crippen molar-refractivity contribution in [2.45, 2.75) is 44.4 Å². The minimum atomic E-state index is -0.501. The van der Waals surface area contributed by atoms with Crippen molar-refractivity contribution < 1.29 is 0 Å². The molecule has 2 aliphatic carbocycles. The summed E-state index contributed by atoms with van der Waals surface area (Å²) in [7, 11) is 0. The van der Waals surface area contributed by atoms with Gasteiger partial charge in [-0.25, -0.2) is 0 Å². The number of rotatable bonds is 7.